The second-order valence-electron chi connectivity index (χ2n) is 3.32. The summed E-state index contributed by atoms with van der Waals surface area (Å²) in [5, 5.41) is 3.71. The van der Waals surface area contributed by atoms with Crippen LogP contribution < -0.4 is 19.6 Å². The molecule has 0 radical (unpaired) electrons. The van der Waals surface area contributed by atoms with E-state index in [2.05, 4.69) is 15.3 Å². The number of hydrazone groups is 1. The highest BCUT2D eigenvalue weighted by atomic mass is 16.7. The summed E-state index contributed by atoms with van der Waals surface area (Å²) in [6, 6.07) is 3.45. The summed E-state index contributed by atoms with van der Waals surface area (Å²) in [7, 11) is 2.79. The highest BCUT2D eigenvalue weighted by Crippen LogP contribution is 2.41. The number of nitrogens with zero attached hydrogens (tertiary/aromatic N) is 1. The fourth-order valence-corrected chi connectivity index (χ4v) is 1.43. The molecule has 7 nitrogen and oxygen atoms in total. The molecular formula is C11H12N2O5. The molecule has 0 atom stereocenters. The van der Waals surface area contributed by atoms with Crippen LogP contribution in [-0.4, -0.2) is 33.3 Å². The minimum atomic E-state index is -0.640. The van der Waals surface area contributed by atoms with Crippen LogP contribution in [0.25, 0.3) is 0 Å². The number of hydrogen-bond acceptors (Lipinski definition) is 6. The second-order valence-corrected chi connectivity index (χ2v) is 3.32. The molecule has 0 unspecified atom stereocenters. The van der Waals surface area contributed by atoms with E-state index in [0.717, 1.165) is 0 Å². The Labute approximate surface area is 103 Å². The molecule has 1 aromatic rings. The lowest BCUT2D eigenvalue weighted by Gasteiger charge is -2.05. The fraction of sp³-hybridized carbons (Fsp3) is 0.273. The average molecular weight is 252 g/mol. The molecular weight excluding hydrogens is 240 g/mol. The summed E-state index contributed by atoms with van der Waals surface area (Å²) in [6.07, 6.45) is 0.806. The molecule has 0 saturated carbocycles. The molecule has 0 aliphatic carbocycles. The zero-order chi connectivity index (χ0) is 13.0. The Morgan fingerprint density at radius 3 is 3.00 bits per heavy atom. The summed E-state index contributed by atoms with van der Waals surface area (Å²) in [6.45, 7) is 0.159. The molecule has 1 amide bonds. The first-order chi connectivity index (χ1) is 8.74. The number of carbonyl (C=O) groups is 1. The predicted molar refractivity (Wildman–Crippen MR) is 62.3 cm³/mol. The molecule has 1 heterocycles. The largest absolute Gasteiger partial charge is 0.493 e. The van der Waals surface area contributed by atoms with Crippen LogP contribution in [0.4, 0.5) is 4.79 Å². The molecule has 1 aliphatic heterocycles. The lowest BCUT2D eigenvalue weighted by atomic mass is 10.2. The van der Waals surface area contributed by atoms with Crippen LogP contribution in [0.3, 0.4) is 0 Å². The fourth-order valence-electron chi connectivity index (χ4n) is 1.43. The minimum absolute atomic E-state index is 0.159. The van der Waals surface area contributed by atoms with Gasteiger partial charge in [0.05, 0.1) is 20.4 Å². The number of carbonyl (C=O) groups excluding carboxylic acids is 1. The van der Waals surface area contributed by atoms with Crippen molar-refractivity contribution in [3.05, 3.63) is 17.7 Å². The van der Waals surface area contributed by atoms with Gasteiger partial charge in [-0.1, -0.05) is 0 Å². The molecule has 7 heteroatoms. The van der Waals surface area contributed by atoms with Crippen LogP contribution in [-0.2, 0) is 4.74 Å². The number of benzene rings is 1. The van der Waals surface area contributed by atoms with Crippen molar-refractivity contribution in [3.8, 4) is 17.2 Å². The molecule has 18 heavy (non-hydrogen) atoms. The number of ether oxygens (including phenoxy) is 4. The van der Waals surface area contributed by atoms with Crippen LogP contribution in [0.1, 0.15) is 5.56 Å². The molecule has 0 saturated heterocycles. The van der Waals surface area contributed by atoms with Gasteiger partial charge in [-0.05, 0) is 12.1 Å². The monoisotopic (exact) mass is 252 g/mol. The Morgan fingerprint density at radius 2 is 2.28 bits per heavy atom. The van der Waals surface area contributed by atoms with Gasteiger partial charge in [0.15, 0.2) is 11.5 Å². The number of nitrogens with one attached hydrogen (secondary N) is 1. The van der Waals surface area contributed by atoms with Crippen LogP contribution in [0, 0.1) is 0 Å². The quantitative estimate of drug-likeness (QED) is 0.644. The van der Waals surface area contributed by atoms with Crippen molar-refractivity contribution in [3.63, 3.8) is 0 Å². The number of hydrogen-bond donors (Lipinski definition) is 1. The van der Waals surface area contributed by atoms with Crippen LogP contribution in [0.5, 0.6) is 17.2 Å². The maximum absolute atomic E-state index is 10.8. The Balaban J connectivity index is 2.17. The number of fused-ring (bicyclic) bond motifs is 1. The van der Waals surface area contributed by atoms with Crippen molar-refractivity contribution < 1.29 is 23.7 Å². The first kappa shape index (κ1) is 12.0. The lowest BCUT2D eigenvalue weighted by Crippen LogP contribution is -2.16. The van der Waals surface area contributed by atoms with Gasteiger partial charge < -0.3 is 18.9 Å². The van der Waals surface area contributed by atoms with Gasteiger partial charge >= 0.3 is 6.09 Å². The van der Waals surface area contributed by atoms with Gasteiger partial charge in [0.25, 0.3) is 0 Å². The van der Waals surface area contributed by atoms with E-state index in [1.165, 1.54) is 20.4 Å². The molecule has 0 bridgehead atoms. The van der Waals surface area contributed by atoms with E-state index >= 15 is 0 Å². The molecule has 0 fully saturated rings. The lowest BCUT2D eigenvalue weighted by molar-refractivity contribution is 0.171. The Bertz CT molecular complexity index is 487. The first-order valence-corrected chi connectivity index (χ1v) is 5.09. The third kappa shape index (κ3) is 2.45. The topological polar surface area (TPSA) is 78.4 Å². The van der Waals surface area contributed by atoms with E-state index in [-0.39, 0.29) is 6.79 Å². The van der Waals surface area contributed by atoms with Gasteiger partial charge in [0.2, 0.25) is 12.5 Å². The van der Waals surface area contributed by atoms with E-state index in [1.807, 2.05) is 0 Å². The first-order valence-electron chi connectivity index (χ1n) is 5.09. The Hall–Kier alpha value is -2.44. The molecule has 2 rings (SSSR count). The zero-order valence-electron chi connectivity index (χ0n) is 9.93. The van der Waals surface area contributed by atoms with Gasteiger partial charge in [-0.2, -0.15) is 5.10 Å². The summed E-state index contributed by atoms with van der Waals surface area (Å²) < 4.78 is 20.0. The molecule has 0 aromatic heterocycles. The van der Waals surface area contributed by atoms with Crippen molar-refractivity contribution in [1.82, 2.24) is 5.43 Å². The maximum atomic E-state index is 10.8. The predicted octanol–water partition coefficient (Wildman–Crippen LogP) is 1.11. The van der Waals surface area contributed by atoms with Crippen molar-refractivity contribution in [1.29, 1.82) is 0 Å². The zero-order valence-corrected chi connectivity index (χ0v) is 9.93. The Kier molecular flexibility index (Phi) is 3.52. The third-order valence-electron chi connectivity index (χ3n) is 2.24. The van der Waals surface area contributed by atoms with E-state index in [4.69, 9.17) is 14.2 Å². The standard InChI is InChI=1S/C11H12N2O5/c1-15-8-3-7(5-12-13-11(14)16-2)4-9-10(8)18-6-17-9/h3-5H,6H2,1-2H3,(H,13,14)/b12-5-. The van der Waals surface area contributed by atoms with Gasteiger partial charge in [0.1, 0.15) is 0 Å². The normalized spacial score (nSPS) is 12.6. The van der Waals surface area contributed by atoms with E-state index in [9.17, 15) is 4.79 Å². The van der Waals surface area contributed by atoms with Crippen LogP contribution >= 0.6 is 0 Å². The number of methoxy groups -OCH3 is 2. The Morgan fingerprint density at radius 1 is 1.44 bits per heavy atom. The van der Waals surface area contributed by atoms with Gasteiger partial charge in [-0.3, -0.25) is 0 Å². The molecule has 1 aromatic carbocycles. The van der Waals surface area contributed by atoms with Gasteiger partial charge in [-0.25, -0.2) is 10.2 Å². The van der Waals surface area contributed by atoms with E-state index < -0.39 is 6.09 Å². The number of rotatable bonds is 3. The summed E-state index contributed by atoms with van der Waals surface area (Å²) in [4.78, 5) is 10.8. The third-order valence-corrected chi connectivity index (χ3v) is 2.24. The second kappa shape index (κ2) is 5.26. The highest BCUT2D eigenvalue weighted by Gasteiger charge is 2.19. The van der Waals surface area contributed by atoms with Crippen molar-refractivity contribution in [2.24, 2.45) is 5.10 Å². The van der Waals surface area contributed by atoms with Crippen LogP contribution in [0.15, 0.2) is 17.2 Å². The van der Waals surface area contributed by atoms with E-state index in [1.54, 1.807) is 12.1 Å². The minimum Gasteiger partial charge on any atom is -0.493 e. The number of amides is 1. The van der Waals surface area contributed by atoms with Gasteiger partial charge in [0, 0.05) is 5.56 Å². The smallest absolute Gasteiger partial charge is 0.427 e. The molecule has 0 spiro atoms. The van der Waals surface area contributed by atoms with Crippen molar-refractivity contribution >= 4 is 12.3 Å². The highest BCUT2D eigenvalue weighted by molar-refractivity contribution is 5.83. The SMILES string of the molecule is COC(=O)N/N=C\c1cc(OC)c2c(c1)OCO2. The van der Waals surface area contributed by atoms with Crippen molar-refractivity contribution in [2.45, 2.75) is 0 Å². The molecule has 96 valence electrons. The van der Waals surface area contributed by atoms with E-state index in [0.29, 0.717) is 22.8 Å². The maximum Gasteiger partial charge on any atom is 0.427 e. The van der Waals surface area contributed by atoms with Crippen LogP contribution in [0.2, 0.25) is 0 Å². The summed E-state index contributed by atoms with van der Waals surface area (Å²) in [5.41, 5.74) is 2.88. The average Bonchev–Trinajstić information content (AvgIpc) is 2.85. The van der Waals surface area contributed by atoms with Gasteiger partial charge in [-0.15, -0.1) is 0 Å². The molecule has 1 N–H and O–H groups in total. The van der Waals surface area contributed by atoms with Crippen molar-refractivity contribution in [2.75, 3.05) is 21.0 Å². The molecule has 1 aliphatic rings. The summed E-state index contributed by atoms with van der Waals surface area (Å²) in [5.74, 6) is 1.69. The summed E-state index contributed by atoms with van der Waals surface area (Å²) >= 11 is 0.